The molecule has 2 aromatic carbocycles. The Kier molecular flexibility index (Phi) is 6.36. The highest BCUT2D eigenvalue weighted by atomic mass is 19.1. The molecule has 3 amide bonds. The molecule has 1 heterocycles. The second kappa shape index (κ2) is 8.94. The van der Waals surface area contributed by atoms with Crippen LogP contribution < -0.4 is 10.2 Å². The average Bonchev–Trinajstić information content (AvgIpc) is 2.73. The van der Waals surface area contributed by atoms with Crippen molar-refractivity contribution in [2.24, 2.45) is 0 Å². The Morgan fingerprint density at radius 2 is 1.62 bits per heavy atom. The van der Waals surface area contributed by atoms with Crippen molar-refractivity contribution < 1.29 is 14.0 Å². The Labute approximate surface area is 170 Å². The van der Waals surface area contributed by atoms with E-state index in [1.807, 2.05) is 44.0 Å². The molecule has 1 aliphatic heterocycles. The molecule has 1 fully saturated rings. The molecule has 1 N–H and O–H groups in total. The van der Waals surface area contributed by atoms with Gasteiger partial charge >= 0.3 is 6.03 Å². The molecular formula is C22H27FN4O2. The molecule has 0 radical (unpaired) electrons. The standard InChI is InChI=1S/C22H27FN4O2/c1-16(2)25(3)20-10-9-18(15-19(20)23)24-22(29)27-13-11-26(12-14-27)21(28)17-7-5-4-6-8-17/h4-10,15-16H,11-14H2,1-3H3,(H,24,29). The number of anilines is 2. The molecule has 0 atom stereocenters. The third-order valence-electron chi connectivity index (χ3n) is 5.23. The molecule has 0 unspecified atom stereocenters. The van der Waals surface area contributed by atoms with E-state index in [1.165, 1.54) is 6.07 Å². The van der Waals surface area contributed by atoms with Crippen LogP contribution in [0.2, 0.25) is 0 Å². The van der Waals surface area contributed by atoms with Crippen molar-refractivity contribution in [3.63, 3.8) is 0 Å². The van der Waals surface area contributed by atoms with Crippen molar-refractivity contribution in [2.75, 3.05) is 43.4 Å². The minimum atomic E-state index is -0.378. The molecule has 0 saturated carbocycles. The largest absolute Gasteiger partial charge is 0.370 e. The van der Waals surface area contributed by atoms with Crippen molar-refractivity contribution >= 4 is 23.3 Å². The maximum Gasteiger partial charge on any atom is 0.321 e. The van der Waals surface area contributed by atoms with Gasteiger partial charge in [0.2, 0.25) is 0 Å². The number of rotatable bonds is 4. The van der Waals surface area contributed by atoms with Gasteiger partial charge in [-0.05, 0) is 44.2 Å². The summed E-state index contributed by atoms with van der Waals surface area (Å²) in [5, 5.41) is 2.75. The molecule has 7 heteroatoms. The minimum absolute atomic E-state index is 0.0300. The number of halogens is 1. The molecule has 2 aromatic rings. The Hall–Kier alpha value is -3.09. The second-order valence-corrected chi connectivity index (χ2v) is 7.45. The Morgan fingerprint density at radius 3 is 2.21 bits per heavy atom. The van der Waals surface area contributed by atoms with Crippen LogP contribution in [0.5, 0.6) is 0 Å². The van der Waals surface area contributed by atoms with Gasteiger partial charge in [0, 0.05) is 50.5 Å². The molecule has 1 aliphatic rings. The van der Waals surface area contributed by atoms with Gasteiger partial charge in [0.1, 0.15) is 5.82 Å². The van der Waals surface area contributed by atoms with Crippen molar-refractivity contribution in [2.45, 2.75) is 19.9 Å². The summed E-state index contributed by atoms with van der Waals surface area (Å²) in [6.45, 7) is 5.76. The average molecular weight is 398 g/mol. The maximum atomic E-state index is 14.4. The highest BCUT2D eigenvalue weighted by molar-refractivity contribution is 5.94. The Balaban J connectivity index is 1.56. The van der Waals surface area contributed by atoms with Gasteiger partial charge in [0.15, 0.2) is 0 Å². The van der Waals surface area contributed by atoms with Gasteiger partial charge in [-0.3, -0.25) is 4.79 Å². The van der Waals surface area contributed by atoms with Crippen molar-refractivity contribution in [3.8, 4) is 0 Å². The predicted octanol–water partition coefficient (Wildman–Crippen LogP) is 3.66. The van der Waals surface area contributed by atoms with Gasteiger partial charge in [0.05, 0.1) is 5.69 Å². The number of piperazine rings is 1. The summed E-state index contributed by atoms with van der Waals surface area (Å²) in [7, 11) is 1.83. The molecule has 0 bridgehead atoms. The van der Waals surface area contributed by atoms with E-state index in [9.17, 15) is 14.0 Å². The molecule has 6 nitrogen and oxygen atoms in total. The molecule has 0 aliphatic carbocycles. The molecule has 154 valence electrons. The van der Waals surface area contributed by atoms with Gasteiger partial charge in [-0.2, -0.15) is 0 Å². The van der Waals surface area contributed by atoms with Crippen molar-refractivity contribution in [3.05, 3.63) is 59.9 Å². The first-order valence-corrected chi connectivity index (χ1v) is 9.79. The lowest BCUT2D eigenvalue weighted by molar-refractivity contribution is 0.0671. The monoisotopic (exact) mass is 398 g/mol. The zero-order chi connectivity index (χ0) is 21.0. The van der Waals surface area contributed by atoms with Crippen LogP contribution in [0.1, 0.15) is 24.2 Å². The van der Waals surface area contributed by atoms with Crippen molar-refractivity contribution in [1.29, 1.82) is 0 Å². The van der Waals surface area contributed by atoms with E-state index in [1.54, 1.807) is 34.1 Å². The van der Waals surface area contributed by atoms with Crippen molar-refractivity contribution in [1.82, 2.24) is 9.80 Å². The van der Waals surface area contributed by atoms with E-state index >= 15 is 0 Å². The number of hydrogen-bond acceptors (Lipinski definition) is 3. The topological polar surface area (TPSA) is 55.9 Å². The summed E-state index contributed by atoms with van der Waals surface area (Å²) >= 11 is 0. The highest BCUT2D eigenvalue weighted by Gasteiger charge is 2.25. The fraction of sp³-hybridized carbons (Fsp3) is 0.364. The summed E-state index contributed by atoms with van der Waals surface area (Å²) in [6.07, 6.45) is 0. The summed E-state index contributed by atoms with van der Waals surface area (Å²) in [6, 6.07) is 13.7. The van der Waals surface area contributed by atoms with Gasteiger partial charge in [0.25, 0.3) is 5.91 Å². The molecule has 0 aromatic heterocycles. The van der Waals surface area contributed by atoms with E-state index in [4.69, 9.17) is 0 Å². The van der Waals surface area contributed by atoms with Crippen LogP contribution in [0, 0.1) is 5.82 Å². The summed E-state index contributed by atoms with van der Waals surface area (Å²) < 4.78 is 14.4. The maximum absolute atomic E-state index is 14.4. The summed E-state index contributed by atoms with van der Waals surface area (Å²) in [4.78, 5) is 30.3. The van der Waals surface area contributed by atoms with Gasteiger partial charge in [-0.15, -0.1) is 0 Å². The quantitative estimate of drug-likeness (QED) is 0.855. The van der Waals surface area contributed by atoms with Crippen LogP contribution >= 0.6 is 0 Å². The lowest BCUT2D eigenvalue weighted by Crippen LogP contribution is -2.51. The Bertz CT molecular complexity index is 864. The SMILES string of the molecule is CC(C)N(C)c1ccc(NC(=O)N2CCN(C(=O)c3ccccc3)CC2)cc1F. The van der Waals surface area contributed by atoms with E-state index < -0.39 is 0 Å². The molecule has 29 heavy (non-hydrogen) atoms. The number of carbonyl (C=O) groups excluding carboxylic acids is 2. The first-order chi connectivity index (χ1) is 13.9. The number of carbonyl (C=O) groups is 2. The Morgan fingerprint density at radius 1 is 1.00 bits per heavy atom. The van der Waals surface area contributed by atoms with E-state index in [-0.39, 0.29) is 23.8 Å². The number of amides is 3. The zero-order valence-corrected chi connectivity index (χ0v) is 17.1. The third kappa shape index (κ3) is 4.85. The lowest BCUT2D eigenvalue weighted by Gasteiger charge is -2.34. The number of nitrogens with zero attached hydrogens (tertiary/aromatic N) is 3. The van der Waals surface area contributed by atoms with E-state index in [0.29, 0.717) is 43.1 Å². The number of hydrogen-bond donors (Lipinski definition) is 1. The lowest BCUT2D eigenvalue weighted by atomic mass is 10.2. The number of nitrogens with one attached hydrogen (secondary N) is 1. The number of urea groups is 1. The molecule has 0 spiro atoms. The first-order valence-electron chi connectivity index (χ1n) is 9.79. The predicted molar refractivity (Wildman–Crippen MR) is 113 cm³/mol. The first kappa shape index (κ1) is 20.6. The fourth-order valence-electron chi connectivity index (χ4n) is 3.23. The van der Waals surface area contributed by atoms with Crippen LogP contribution in [0.4, 0.5) is 20.6 Å². The third-order valence-corrected chi connectivity index (χ3v) is 5.23. The second-order valence-electron chi connectivity index (χ2n) is 7.45. The fourth-order valence-corrected chi connectivity index (χ4v) is 3.23. The van der Waals surface area contributed by atoms with Crippen LogP contribution in [0.15, 0.2) is 48.5 Å². The molecular weight excluding hydrogens is 371 g/mol. The smallest absolute Gasteiger partial charge is 0.321 e. The number of benzene rings is 2. The highest BCUT2D eigenvalue weighted by Crippen LogP contribution is 2.23. The van der Waals surface area contributed by atoms with Crippen LogP contribution in [0.3, 0.4) is 0 Å². The van der Waals surface area contributed by atoms with E-state index in [2.05, 4.69) is 5.32 Å². The normalized spacial score (nSPS) is 14.1. The zero-order valence-electron chi connectivity index (χ0n) is 17.1. The summed E-state index contributed by atoms with van der Waals surface area (Å²) in [5.41, 5.74) is 1.55. The van der Waals surface area contributed by atoms with Crippen LogP contribution in [-0.2, 0) is 0 Å². The molecule has 1 saturated heterocycles. The van der Waals surface area contributed by atoms with Gasteiger partial charge in [-0.25, -0.2) is 9.18 Å². The van der Waals surface area contributed by atoms with Crippen LogP contribution in [0.25, 0.3) is 0 Å². The minimum Gasteiger partial charge on any atom is -0.370 e. The summed E-state index contributed by atoms with van der Waals surface area (Å²) in [5.74, 6) is -0.408. The van der Waals surface area contributed by atoms with Gasteiger partial charge in [-0.1, -0.05) is 18.2 Å². The van der Waals surface area contributed by atoms with E-state index in [0.717, 1.165) is 0 Å². The molecule has 3 rings (SSSR count). The van der Waals surface area contributed by atoms with Crippen LogP contribution in [-0.4, -0.2) is 61.0 Å². The van der Waals surface area contributed by atoms with Gasteiger partial charge < -0.3 is 20.0 Å².